The van der Waals surface area contributed by atoms with Crippen molar-refractivity contribution in [2.45, 2.75) is 53.4 Å². The van der Waals surface area contributed by atoms with Gasteiger partial charge in [0.15, 0.2) is 0 Å². The molecule has 1 heteroatoms. The molecule has 1 aliphatic heterocycles. The minimum atomic E-state index is 0.743. The predicted octanol–water partition coefficient (Wildman–Crippen LogP) is 5.15. The van der Waals surface area contributed by atoms with Gasteiger partial charge in [-0.25, -0.2) is 0 Å². The van der Waals surface area contributed by atoms with E-state index in [4.69, 9.17) is 0 Å². The van der Waals surface area contributed by atoms with Gasteiger partial charge in [0, 0.05) is 18.8 Å². The molecule has 1 aliphatic rings. The van der Waals surface area contributed by atoms with Gasteiger partial charge in [0.05, 0.1) is 0 Å². The highest BCUT2D eigenvalue weighted by Crippen LogP contribution is 2.27. The van der Waals surface area contributed by atoms with Gasteiger partial charge in [-0.3, -0.25) is 0 Å². The third-order valence-electron chi connectivity index (χ3n) is 4.36. The number of hydrogen-bond donors (Lipinski definition) is 0. The third-order valence-corrected chi connectivity index (χ3v) is 4.36. The molecular weight excluding hydrogens is 242 g/mol. The molecule has 0 N–H and O–H groups in total. The molecule has 0 bridgehead atoms. The van der Waals surface area contributed by atoms with Crippen molar-refractivity contribution in [2.75, 3.05) is 18.0 Å². The maximum Gasteiger partial charge on any atom is 0.0366 e. The second-order valence-corrected chi connectivity index (χ2v) is 7.32. The minimum absolute atomic E-state index is 0.743. The highest BCUT2D eigenvalue weighted by molar-refractivity contribution is 5.48. The van der Waals surface area contributed by atoms with Gasteiger partial charge in [-0.1, -0.05) is 39.8 Å². The van der Waals surface area contributed by atoms with Gasteiger partial charge in [0.2, 0.25) is 0 Å². The summed E-state index contributed by atoms with van der Waals surface area (Å²) in [4.78, 5) is 2.57. The zero-order valence-corrected chi connectivity index (χ0v) is 13.7. The maximum atomic E-state index is 2.57. The van der Waals surface area contributed by atoms with E-state index >= 15 is 0 Å². The molecular formula is C19H31N. The molecule has 1 aromatic carbocycles. The average molecular weight is 273 g/mol. The molecule has 112 valence electrons. The topological polar surface area (TPSA) is 3.24 Å². The van der Waals surface area contributed by atoms with Crippen molar-refractivity contribution in [2.24, 2.45) is 17.8 Å². The molecule has 0 unspecified atom stereocenters. The largest absolute Gasteiger partial charge is 0.372 e. The van der Waals surface area contributed by atoms with Crippen LogP contribution in [0.15, 0.2) is 24.3 Å². The van der Waals surface area contributed by atoms with Crippen LogP contribution in [-0.2, 0) is 6.42 Å². The molecule has 1 saturated heterocycles. The van der Waals surface area contributed by atoms with Crippen molar-refractivity contribution in [1.29, 1.82) is 0 Å². The van der Waals surface area contributed by atoms with E-state index in [1.54, 1.807) is 0 Å². The Bertz CT molecular complexity index is 383. The highest BCUT2D eigenvalue weighted by atomic mass is 15.1. The number of anilines is 1. The molecule has 1 heterocycles. The van der Waals surface area contributed by atoms with Crippen LogP contribution >= 0.6 is 0 Å². The molecule has 0 spiro atoms. The van der Waals surface area contributed by atoms with Gasteiger partial charge >= 0.3 is 0 Å². The van der Waals surface area contributed by atoms with Crippen LogP contribution in [0.4, 0.5) is 5.69 Å². The van der Waals surface area contributed by atoms with Gasteiger partial charge in [-0.2, -0.15) is 0 Å². The third kappa shape index (κ3) is 4.54. The van der Waals surface area contributed by atoms with Crippen molar-refractivity contribution in [3.05, 3.63) is 29.8 Å². The first-order valence-electron chi connectivity index (χ1n) is 8.38. The Morgan fingerprint density at radius 2 is 1.55 bits per heavy atom. The minimum Gasteiger partial charge on any atom is -0.372 e. The lowest BCUT2D eigenvalue weighted by molar-refractivity contribution is 0.338. The lowest BCUT2D eigenvalue weighted by Gasteiger charge is -2.34. The van der Waals surface area contributed by atoms with Crippen LogP contribution in [-0.4, -0.2) is 13.1 Å². The van der Waals surface area contributed by atoms with Crippen LogP contribution in [0.5, 0.6) is 0 Å². The summed E-state index contributed by atoms with van der Waals surface area (Å²) in [6.45, 7) is 11.7. The zero-order valence-electron chi connectivity index (χ0n) is 13.7. The number of hydrogen-bond acceptors (Lipinski definition) is 1. The van der Waals surface area contributed by atoms with Crippen LogP contribution in [0.2, 0.25) is 0 Å². The van der Waals surface area contributed by atoms with Gasteiger partial charge in [0.25, 0.3) is 0 Å². The lowest BCUT2D eigenvalue weighted by atomic mass is 9.88. The Kier molecular flexibility index (Phi) is 5.51. The van der Waals surface area contributed by atoms with Gasteiger partial charge in [-0.15, -0.1) is 0 Å². The maximum absolute atomic E-state index is 2.57. The molecule has 0 amide bonds. The Morgan fingerprint density at radius 3 is 2.05 bits per heavy atom. The fraction of sp³-hybridized carbons (Fsp3) is 0.684. The quantitative estimate of drug-likeness (QED) is 0.717. The first-order valence-corrected chi connectivity index (χ1v) is 8.38. The summed E-state index contributed by atoms with van der Waals surface area (Å²) in [5.41, 5.74) is 2.89. The van der Waals surface area contributed by atoms with Gasteiger partial charge in [-0.05, 0) is 61.1 Å². The fourth-order valence-corrected chi connectivity index (χ4v) is 3.41. The number of benzene rings is 1. The van der Waals surface area contributed by atoms with E-state index in [9.17, 15) is 0 Å². The zero-order chi connectivity index (χ0) is 14.5. The second kappa shape index (κ2) is 7.15. The summed E-state index contributed by atoms with van der Waals surface area (Å²) in [7, 11) is 0. The molecule has 2 rings (SSSR count). The van der Waals surface area contributed by atoms with Crippen LogP contribution < -0.4 is 4.90 Å². The Morgan fingerprint density at radius 1 is 0.950 bits per heavy atom. The summed E-state index contributed by atoms with van der Waals surface area (Å²) in [5.74, 6) is 2.54. The molecule has 1 aromatic rings. The molecule has 20 heavy (non-hydrogen) atoms. The Balaban J connectivity index is 1.87. The monoisotopic (exact) mass is 273 g/mol. The van der Waals surface area contributed by atoms with E-state index in [0.29, 0.717) is 0 Å². The van der Waals surface area contributed by atoms with Crippen molar-refractivity contribution in [3.63, 3.8) is 0 Å². The molecule has 1 fully saturated rings. The summed E-state index contributed by atoms with van der Waals surface area (Å²) in [6.07, 6.45) is 5.33. The average Bonchev–Trinajstić information content (AvgIpc) is 2.39. The molecule has 0 atom stereocenters. The van der Waals surface area contributed by atoms with Gasteiger partial charge < -0.3 is 4.90 Å². The Labute approximate surface area is 125 Å². The first kappa shape index (κ1) is 15.4. The molecule has 1 nitrogen and oxygen atoms in total. The van der Waals surface area contributed by atoms with Crippen molar-refractivity contribution >= 4 is 5.69 Å². The van der Waals surface area contributed by atoms with Gasteiger partial charge in [0.1, 0.15) is 0 Å². The fourth-order valence-electron chi connectivity index (χ4n) is 3.41. The van der Waals surface area contributed by atoms with E-state index in [2.05, 4.69) is 56.9 Å². The van der Waals surface area contributed by atoms with Crippen molar-refractivity contribution in [3.8, 4) is 0 Å². The second-order valence-electron chi connectivity index (χ2n) is 7.32. The lowest BCUT2D eigenvalue weighted by Crippen LogP contribution is -2.34. The molecule has 0 aromatic heterocycles. The molecule has 0 saturated carbocycles. The SMILES string of the molecule is CC(C)Cc1ccc(N2CCC(CC(C)C)CC2)cc1. The van der Waals surface area contributed by atoms with E-state index in [-0.39, 0.29) is 0 Å². The molecule has 0 aliphatic carbocycles. The van der Waals surface area contributed by atoms with Crippen molar-refractivity contribution < 1.29 is 0 Å². The standard InChI is InChI=1S/C19H31N/c1-15(2)13-17-5-7-19(8-6-17)20-11-9-18(10-12-20)14-16(3)4/h5-8,15-16,18H,9-14H2,1-4H3. The molecule has 0 radical (unpaired) electrons. The van der Waals surface area contributed by atoms with Crippen LogP contribution in [0.1, 0.15) is 52.5 Å². The van der Waals surface area contributed by atoms with Crippen LogP contribution in [0.3, 0.4) is 0 Å². The predicted molar refractivity (Wildman–Crippen MR) is 89.4 cm³/mol. The highest BCUT2D eigenvalue weighted by Gasteiger charge is 2.20. The van der Waals surface area contributed by atoms with E-state index < -0.39 is 0 Å². The summed E-state index contributed by atoms with van der Waals surface area (Å²) in [6, 6.07) is 9.27. The van der Waals surface area contributed by atoms with E-state index in [1.165, 1.54) is 50.0 Å². The summed E-state index contributed by atoms with van der Waals surface area (Å²) >= 11 is 0. The smallest absolute Gasteiger partial charge is 0.0366 e. The number of nitrogens with zero attached hydrogens (tertiary/aromatic N) is 1. The van der Waals surface area contributed by atoms with Crippen LogP contribution in [0.25, 0.3) is 0 Å². The van der Waals surface area contributed by atoms with Crippen LogP contribution in [0, 0.1) is 17.8 Å². The number of rotatable bonds is 5. The Hall–Kier alpha value is -0.980. The van der Waals surface area contributed by atoms with E-state index in [1.807, 2.05) is 0 Å². The number of piperidine rings is 1. The van der Waals surface area contributed by atoms with E-state index in [0.717, 1.165) is 17.8 Å². The summed E-state index contributed by atoms with van der Waals surface area (Å²) < 4.78 is 0. The summed E-state index contributed by atoms with van der Waals surface area (Å²) in [5, 5.41) is 0. The first-order chi connectivity index (χ1) is 9.54. The van der Waals surface area contributed by atoms with Crippen molar-refractivity contribution in [1.82, 2.24) is 0 Å². The normalized spacial score (nSPS) is 17.2.